The van der Waals surface area contributed by atoms with E-state index in [0.717, 1.165) is 29.4 Å². The average molecular weight is 251 g/mol. The van der Waals surface area contributed by atoms with Crippen LogP contribution in [-0.4, -0.2) is 6.61 Å². The molecule has 0 saturated carbocycles. The molecule has 0 heterocycles. The molecule has 0 aliphatic heterocycles. The van der Waals surface area contributed by atoms with Gasteiger partial charge in [0.1, 0.15) is 12.4 Å². The van der Waals surface area contributed by atoms with Gasteiger partial charge in [0.15, 0.2) is 0 Å². The molecule has 0 atom stereocenters. The Hall–Kier alpha value is -2.27. The summed E-state index contributed by atoms with van der Waals surface area (Å²) in [6.07, 6.45) is 3.91. The Kier molecular flexibility index (Phi) is 4.58. The molecule has 2 aromatic rings. The molecule has 96 valence electrons. The monoisotopic (exact) mass is 251 g/mol. The third kappa shape index (κ3) is 3.35. The predicted molar refractivity (Wildman–Crippen MR) is 78.0 cm³/mol. The van der Waals surface area contributed by atoms with Crippen molar-refractivity contribution in [2.75, 3.05) is 6.61 Å². The van der Waals surface area contributed by atoms with E-state index in [9.17, 15) is 0 Å². The Balaban J connectivity index is 2.16. The summed E-state index contributed by atoms with van der Waals surface area (Å²) in [7, 11) is 0. The summed E-state index contributed by atoms with van der Waals surface area (Å²) >= 11 is 0. The molecule has 2 heteroatoms. The maximum atomic E-state index is 9.05. The normalized spacial score (nSPS) is 11.3. The zero-order valence-corrected chi connectivity index (χ0v) is 11.1. The number of ether oxygens (including phenoxy) is 1. The molecule has 0 aromatic heterocycles. The van der Waals surface area contributed by atoms with Gasteiger partial charge in [-0.1, -0.05) is 55.8 Å². The molecule has 0 saturated heterocycles. The van der Waals surface area contributed by atoms with E-state index >= 15 is 0 Å². The first-order valence-corrected chi connectivity index (χ1v) is 6.55. The molecule has 2 rings (SSSR count). The smallest absolute Gasteiger partial charge is 0.127 e. The van der Waals surface area contributed by atoms with Crippen molar-refractivity contribution in [1.29, 1.82) is 5.26 Å². The second-order valence-corrected chi connectivity index (χ2v) is 4.40. The van der Waals surface area contributed by atoms with E-state index in [1.165, 1.54) is 0 Å². The van der Waals surface area contributed by atoms with E-state index in [2.05, 4.69) is 25.1 Å². The number of allylic oxidation sites excluding steroid dienone is 1. The first-order chi connectivity index (χ1) is 9.35. The van der Waals surface area contributed by atoms with Crippen LogP contribution in [-0.2, 0) is 0 Å². The minimum Gasteiger partial charge on any atom is -0.488 e. The summed E-state index contributed by atoms with van der Waals surface area (Å²) in [4.78, 5) is 0. The number of nitrogens with zero attached hydrogens (tertiary/aromatic N) is 1. The van der Waals surface area contributed by atoms with Crippen molar-refractivity contribution in [1.82, 2.24) is 0 Å². The van der Waals surface area contributed by atoms with Gasteiger partial charge in [-0.05, 0) is 17.9 Å². The molecule has 2 nitrogen and oxygen atoms in total. The molecular weight excluding hydrogens is 234 g/mol. The van der Waals surface area contributed by atoms with Crippen LogP contribution in [0.1, 0.15) is 19.8 Å². The quantitative estimate of drug-likeness (QED) is 0.734. The third-order valence-electron chi connectivity index (χ3n) is 2.96. The van der Waals surface area contributed by atoms with Crippen LogP contribution in [0, 0.1) is 11.3 Å². The molecule has 0 fully saturated rings. The largest absolute Gasteiger partial charge is 0.488 e. The molecule has 0 radical (unpaired) electrons. The second-order valence-electron chi connectivity index (χ2n) is 4.40. The lowest BCUT2D eigenvalue weighted by atomic mass is 10.1. The Labute approximate surface area is 113 Å². The zero-order chi connectivity index (χ0) is 13.5. The van der Waals surface area contributed by atoms with Gasteiger partial charge in [-0.3, -0.25) is 0 Å². The maximum Gasteiger partial charge on any atom is 0.127 e. The summed E-state index contributed by atoms with van der Waals surface area (Å²) in [6, 6.07) is 16.3. The van der Waals surface area contributed by atoms with E-state index < -0.39 is 0 Å². The Morgan fingerprint density at radius 3 is 2.79 bits per heavy atom. The molecular formula is C17H17NO. The van der Waals surface area contributed by atoms with Crippen molar-refractivity contribution in [3.05, 3.63) is 54.1 Å². The lowest BCUT2D eigenvalue weighted by molar-refractivity contribution is 0.360. The van der Waals surface area contributed by atoms with Crippen LogP contribution < -0.4 is 4.74 Å². The maximum absolute atomic E-state index is 9.05. The number of hydrogen-bond acceptors (Lipinski definition) is 2. The molecule has 2 aromatic carbocycles. The van der Waals surface area contributed by atoms with Crippen molar-refractivity contribution < 1.29 is 4.74 Å². The van der Waals surface area contributed by atoms with Crippen molar-refractivity contribution in [2.45, 2.75) is 19.8 Å². The van der Waals surface area contributed by atoms with Gasteiger partial charge in [-0.25, -0.2) is 0 Å². The van der Waals surface area contributed by atoms with Gasteiger partial charge < -0.3 is 4.74 Å². The Bertz CT molecular complexity index is 617. The summed E-state index contributed by atoms with van der Waals surface area (Å²) in [5.74, 6) is 0.829. The molecule has 0 bridgehead atoms. The van der Waals surface area contributed by atoms with Crippen molar-refractivity contribution >= 4 is 10.8 Å². The standard InChI is InChI=1S/C17H17NO/c1-2-3-7-14(12-18)13-19-17-11-6-9-15-8-4-5-10-16(15)17/h4-11H,2-3,13H2,1H3/b14-7+. The zero-order valence-electron chi connectivity index (χ0n) is 11.1. The van der Waals surface area contributed by atoms with Gasteiger partial charge >= 0.3 is 0 Å². The van der Waals surface area contributed by atoms with Crippen LogP contribution in [0.4, 0.5) is 0 Å². The summed E-state index contributed by atoms with van der Waals surface area (Å²) in [5, 5.41) is 11.3. The van der Waals surface area contributed by atoms with E-state index in [1.807, 2.05) is 36.4 Å². The van der Waals surface area contributed by atoms with Gasteiger partial charge in [-0.15, -0.1) is 0 Å². The van der Waals surface area contributed by atoms with Crippen molar-refractivity contribution in [3.63, 3.8) is 0 Å². The predicted octanol–water partition coefficient (Wildman–Crippen LogP) is 4.47. The number of hydrogen-bond donors (Lipinski definition) is 0. The number of nitriles is 1. The second kappa shape index (κ2) is 6.61. The first kappa shape index (κ1) is 13.2. The molecule has 0 unspecified atom stereocenters. The van der Waals surface area contributed by atoms with Gasteiger partial charge in [-0.2, -0.15) is 5.26 Å². The number of rotatable bonds is 5. The van der Waals surface area contributed by atoms with Gasteiger partial charge in [0.2, 0.25) is 0 Å². The van der Waals surface area contributed by atoms with Gasteiger partial charge in [0.25, 0.3) is 0 Å². The molecule has 0 N–H and O–H groups in total. The highest BCUT2D eigenvalue weighted by Crippen LogP contribution is 2.25. The molecule has 0 amide bonds. The van der Waals surface area contributed by atoms with Crippen molar-refractivity contribution in [3.8, 4) is 11.8 Å². The van der Waals surface area contributed by atoms with E-state index in [4.69, 9.17) is 10.00 Å². The average Bonchev–Trinajstić information content (AvgIpc) is 2.47. The number of benzene rings is 2. The highest BCUT2D eigenvalue weighted by Gasteiger charge is 2.02. The summed E-state index contributed by atoms with van der Waals surface area (Å²) < 4.78 is 5.78. The van der Waals surface area contributed by atoms with E-state index in [1.54, 1.807) is 0 Å². The van der Waals surface area contributed by atoms with E-state index in [-0.39, 0.29) is 0 Å². The summed E-state index contributed by atoms with van der Waals surface area (Å²) in [5.41, 5.74) is 0.690. The number of fused-ring (bicyclic) bond motifs is 1. The topological polar surface area (TPSA) is 33.0 Å². The highest BCUT2D eigenvalue weighted by atomic mass is 16.5. The molecule has 0 aliphatic rings. The van der Waals surface area contributed by atoms with Crippen LogP contribution in [0.5, 0.6) is 5.75 Å². The fourth-order valence-corrected chi connectivity index (χ4v) is 1.93. The van der Waals surface area contributed by atoms with Crippen LogP contribution in [0.15, 0.2) is 54.1 Å². The SMILES string of the molecule is CCC/C=C(\C#N)COc1cccc2ccccc12. The van der Waals surface area contributed by atoms with Gasteiger partial charge in [0.05, 0.1) is 11.6 Å². The fraction of sp³-hybridized carbons (Fsp3) is 0.235. The van der Waals surface area contributed by atoms with Crippen LogP contribution in [0.3, 0.4) is 0 Å². The molecule has 19 heavy (non-hydrogen) atoms. The third-order valence-corrected chi connectivity index (χ3v) is 2.96. The summed E-state index contributed by atoms with van der Waals surface area (Å²) in [6.45, 7) is 2.43. The van der Waals surface area contributed by atoms with Crippen LogP contribution in [0.2, 0.25) is 0 Å². The fourth-order valence-electron chi connectivity index (χ4n) is 1.93. The molecule has 0 aliphatic carbocycles. The minimum atomic E-state index is 0.338. The Morgan fingerprint density at radius 1 is 1.21 bits per heavy atom. The van der Waals surface area contributed by atoms with Crippen molar-refractivity contribution in [2.24, 2.45) is 0 Å². The lowest BCUT2D eigenvalue weighted by Crippen LogP contribution is -2.00. The first-order valence-electron chi connectivity index (χ1n) is 6.55. The van der Waals surface area contributed by atoms with Gasteiger partial charge in [0, 0.05) is 5.39 Å². The Morgan fingerprint density at radius 2 is 2.00 bits per heavy atom. The highest BCUT2D eigenvalue weighted by molar-refractivity contribution is 5.88. The minimum absolute atomic E-state index is 0.338. The van der Waals surface area contributed by atoms with E-state index in [0.29, 0.717) is 12.2 Å². The van der Waals surface area contributed by atoms with Crippen LogP contribution in [0.25, 0.3) is 10.8 Å². The van der Waals surface area contributed by atoms with Crippen LogP contribution >= 0.6 is 0 Å². The lowest BCUT2D eigenvalue weighted by Gasteiger charge is -2.08. The number of unbranched alkanes of at least 4 members (excludes halogenated alkanes) is 1. The molecule has 0 spiro atoms.